The summed E-state index contributed by atoms with van der Waals surface area (Å²) in [6.07, 6.45) is 3.81. The highest BCUT2D eigenvalue weighted by Crippen LogP contribution is 2.36. The first-order valence-corrected chi connectivity index (χ1v) is 11.5. The fourth-order valence-corrected chi connectivity index (χ4v) is 3.97. The molecule has 1 amide bonds. The summed E-state index contributed by atoms with van der Waals surface area (Å²) in [7, 11) is -1.79. The Morgan fingerprint density at radius 1 is 1.20 bits per heavy atom. The molecule has 0 aromatic heterocycles. The number of carbonyl (C=O) groups is 2. The van der Waals surface area contributed by atoms with Crippen LogP contribution in [0.5, 0.6) is 11.5 Å². The second-order valence-corrected chi connectivity index (χ2v) is 8.84. The molecule has 0 spiro atoms. The number of hydrogen-bond donors (Lipinski definition) is 0. The van der Waals surface area contributed by atoms with Crippen LogP contribution in [0, 0.1) is 0 Å². The van der Waals surface area contributed by atoms with E-state index in [4.69, 9.17) is 25.8 Å². The topological polar surface area (TPSA) is 102 Å². The van der Waals surface area contributed by atoms with Gasteiger partial charge >= 0.3 is 5.97 Å². The lowest BCUT2D eigenvalue weighted by Gasteiger charge is -2.33. The summed E-state index contributed by atoms with van der Waals surface area (Å²) in [4.78, 5) is 25.6. The van der Waals surface area contributed by atoms with E-state index < -0.39 is 22.6 Å². The predicted octanol–water partition coefficient (Wildman–Crippen LogP) is 1.41. The van der Waals surface area contributed by atoms with Crippen molar-refractivity contribution >= 4 is 39.6 Å². The third-order valence-electron chi connectivity index (χ3n) is 4.35. The molecule has 0 bridgehead atoms. The van der Waals surface area contributed by atoms with Crippen molar-refractivity contribution in [1.82, 2.24) is 9.21 Å². The van der Waals surface area contributed by atoms with Crippen LogP contribution in [0.2, 0.25) is 5.02 Å². The highest BCUT2D eigenvalue weighted by molar-refractivity contribution is 7.88. The van der Waals surface area contributed by atoms with Crippen LogP contribution in [-0.4, -0.2) is 82.3 Å². The van der Waals surface area contributed by atoms with Crippen molar-refractivity contribution in [3.05, 3.63) is 28.8 Å². The summed E-state index contributed by atoms with van der Waals surface area (Å²) in [6, 6.07) is 3.28. The summed E-state index contributed by atoms with van der Waals surface area (Å²) in [6.45, 7) is 2.77. The van der Waals surface area contributed by atoms with Gasteiger partial charge in [0.1, 0.15) is 0 Å². The van der Waals surface area contributed by atoms with E-state index in [1.807, 2.05) is 6.92 Å². The third-order valence-corrected chi connectivity index (χ3v) is 5.93. The predicted molar refractivity (Wildman–Crippen MR) is 112 cm³/mol. The molecule has 9 nitrogen and oxygen atoms in total. The van der Waals surface area contributed by atoms with Gasteiger partial charge in [0.05, 0.1) is 25.0 Å². The second-order valence-electron chi connectivity index (χ2n) is 6.45. The van der Waals surface area contributed by atoms with Crippen LogP contribution in [0.4, 0.5) is 0 Å². The zero-order valence-electron chi connectivity index (χ0n) is 17.1. The van der Waals surface area contributed by atoms with Gasteiger partial charge in [-0.25, -0.2) is 13.2 Å². The average Bonchev–Trinajstić information content (AvgIpc) is 2.70. The van der Waals surface area contributed by atoms with Gasteiger partial charge in [-0.2, -0.15) is 4.31 Å². The molecule has 11 heteroatoms. The Kier molecular flexibility index (Phi) is 8.51. The number of ether oxygens (including phenoxy) is 3. The Morgan fingerprint density at radius 2 is 1.87 bits per heavy atom. The molecule has 1 heterocycles. The first-order valence-electron chi connectivity index (χ1n) is 9.23. The highest BCUT2D eigenvalue weighted by atomic mass is 35.5. The molecule has 1 aromatic carbocycles. The molecular formula is C19H25ClN2O7S. The maximum absolute atomic E-state index is 12.2. The lowest BCUT2D eigenvalue weighted by Crippen LogP contribution is -2.51. The summed E-state index contributed by atoms with van der Waals surface area (Å²) in [5.74, 6) is -0.220. The van der Waals surface area contributed by atoms with E-state index in [9.17, 15) is 18.0 Å². The first-order chi connectivity index (χ1) is 14.2. The Morgan fingerprint density at radius 3 is 2.43 bits per heavy atom. The van der Waals surface area contributed by atoms with Gasteiger partial charge in [0.25, 0.3) is 5.91 Å². The Labute approximate surface area is 181 Å². The summed E-state index contributed by atoms with van der Waals surface area (Å²) < 4.78 is 40.0. The molecule has 166 valence electrons. The number of nitrogens with zero attached hydrogens (tertiary/aromatic N) is 2. The average molecular weight is 461 g/mol. The summed E-state index contributed by atoms with van der Waals surface area (Å²) in [5.41, 5.74) is 0.601. The molecule has 1 aliphatic rings. The SMILES string of the molecule is CCOc1cc(/C=C/C(=O)OCC(=O)N2CCN(S(C)(=O)=O)CC2)cc(Cl)c1OC. The molecular weight excluding hydrogens is 436 g/mol. The third kappa shape index (κ3) is 6.61. The Hall–Kier alpha value is -2.30. The van der Waals surface area contributed by atoms with Crippen LogP contribution in [0.25, 0.3) is 6.08 Å². The van der Waals surface area contributed by atoms with Crippen molar-refractivity contribution in [1.29, 1.82) is 0 Å². The lowest BCUT2D eigenvalue weighted by molar-refractivity contribution is -0.148. The number of amides is 1. The smallest absolute Gasteiger partial charge is 0.331 e. The molecule has 0 atom stereocenters. The molecule has 0 aliphatic carbocycles. The number of esters is 1. The molecule has 1 aromatic rings. The van der Waals surface area contributed by atoms with Crippen molar-refractivity contribution in [2.75, 3.05) is 52.8 Å². The number of halogens is 1. The maximum Gasteiger partial charge on any atom is 0.331 e. The van der Waals surface area contributed by atoms with Crippen LogP contribution in [-0.2, 0) is 24.3 Å². The zero-order chi connectivity index (χ0) is 22.3. The molecule has 0 N–H and O–H groups in total. The molecule has 0 unspecified atom stereocenters. The minimum Gasteiger partial charge on any atom is -0.491 e. The van der Waals surface area contributed by atoms with Crippen LogP contribution in [0.1, 0.15) is 12.5 Å². The van der Waals surface area contributed by atoms with E-state index in [0.717, 1.165) is 6.26 Å². The molecule has 0 saturated carbocycles. The number of methoxy groups -OCH3 is 1. The minimum atomic E-state index is -3.27. The van der Waals surface area contributed by atoms with E-state index in [0.29, 0.717) is 28.7 Å². The van der Waals surface area contributed by atoms with Crippen molar-refractivity contribution in [2.24, 2.45) is 0 Å². The standard InChI is InChI=1S/C19H25ClN2O7S/c1-4-28-16-12-14(11-15(20)19(16)27-2)5-6-18(24)29-13-17(23)21-7-9-22(10-8-21)30(3,25)26/h5-6,11-12H,4,7-10,13H2,1-3H3/b6-5+. The van der Waals surface area contributed by atoms with Gasteiger partial charge in [0.2, 0.25) is 10.0 Å². The lowest BCUT2D eigenvalue weighted by atomic mass is 10.2. The van der Waals surface area contributed by atoms with Crippen molar-refractivity contribution < 1.29 is 32.2 Å². The Bertz CT molecular complexity index is 910. The fourth-order valence-electron chi connectivity index (χ4n) is 2.85. The first kappa shape index (κ1) is 24.0. The van der Waals surface area contributed by atoms with E-state index in [1.54, 1.807) is 12.1 Å². The molecule has 2 rings (SSSR count). The van der Waals surface area contributed by atoms with Crippen LogP contribution in [0.15, 0.2) is 18.2 Å². The van der Waals surface area contributed by atoms with Gasteiger partial charge in [-0.05, 0) is 30.7 Å². The van der Waals surface area contributed by atoms with Gasteiger partial charge in [-0.3, -0.25) is 4.79 Å². The number of carbonyl (C=O) groups excluding carboxylic acids is 2. The normalized spacial score (nSPS) is 15.3. The van der Waals surface area contributed by atoms with Gasteiger partial charge in [0.15, 0.2) is 18.1 Å². The van der Waals surface area contributed by atoms with Gasteiger partial charge < -0.3 is 19.1 Å². The number of piperazine rings is 1. The number of benzene rings is 1. The molecule has 30 heavy (non-hydrogen) atoms. The molecule has 1 fully saturated rings. The van der Waals surface area contributed by atoms with E-state index in [-0.39, 0.29) is 32.1 Å². The van der Waals surface area contributed by atoms with E-state index >= 15 is 0 Å². The quantitative estimate of drug-likeness (QED) is 0.427. The largest absolute Gasteiger partial charge is 0.491 e. The van der Waals surface area contributed by atoms with Gasteiger partial charge in [0, 0.05) is 32.3 Å². The summed E-state index contributed by atoms with van der Waals surface area (Å²) in [5, 5.41) is 0.333. The second kappa shape index (κ2) is 10.6. The minimum absolute atomic E-state index is 0.221. The molecule has 1 saturated heterocycles. The van der Waals surface area contributed by atoms with Crippen molar-refractivity contribution in [3.8, 4) is 11.5 Å². The Balaban J connectivity index is 1.89. The number of hydrogen-bond acceptors (Lipinski definition) is 7. The number of sulfonamides is 1. The number of rotatable bonds is 8. The van der Waals surface area contributed by atoms with Gasteiger partial charge in [-0.15, -0.1) is 0 Å². The summed E-state index contributed by atoms with van der Waals surface area (Å²) >= 11 is 6.17. The monoisotopic (exact) mass is 460 g/mol. The molecule has 1 aliphatic heterocycles. The van der Waals surface area contributed by atoms with Gasteiger partial charge in [-0.1, -0.05) is 11.6 Å². The van der Waals surface area contributed by atoms with E-state index in [1.165, 1.54) is 28.5 Å². The van der Waals surface area contributed by atoms with E-state index in [2.05, 4.69) is 0 Å². The molecule has 0 radical (unpaired) electrons. The maximum atomic E-state index is 12.2. The highest BCUT2D eigenvalue weighted by Gasteiger charge is 2.26. The van der Waals surface area contributed by atoms with Crippen LogP contribution < -0.4 is 9.47 Å². The van der Waals surface area contributed by atoms with Crippen molar-refractivity contribution in [2.45, 2.75) is 6.92 Å². The van der Waals surface area contributed by atoms with Crippen LogP contribution >= 0.6 is 11.6 Å². The fraction of sp³-hybridized carbons (Fsp3) is 0.474. The van der Waals surface area contributed by atoms with Crippen LogP contribution in [0.3, 0.4) is 0 Å². The zero-order valence-corrected chi connectivity index (χ0v) is 18.7. The van der Waals surface area contributed by atoms with Crippen molar-refractivity contribution in [3.63, 3.8) is 0 Å².